The van der Waals surface area contributed by atoms with Crippen molar-refractivity contribution >= 4 is 5.97 Å². The van der Waals surface area contributed by atoms with E-state index in [-0.39, 0.29) is 19.6 Å². The fourth-order valence-electron chi connectivity index (χ4n) is 9.62. The van der Waals surface area contributed by atoms with Crippen LogP contribution in [0.25, 0.3) is 0 Å². The van der Waals surface area contributed by atoms with Gasteiger partial charge < -0.3 is 64.2 Å². The average molecular weight is 1130 g/mol. The van der Waals surface area contributed by atoms with Crippen molar-refractivity contribution in [2.45, 2.75) is 293 Å². The number of carbonyl (C=O) groups is 1. The molecule has 0 aromatic heterocycles. The Labute approximate surface area is 484 Å². The van der Waals surface area contributed by atoms with Gasteiger partial charge >= 0.3 is 5.97 Å². The van der Waals surface area contributed by atoms with Gasteiger partial charge in [0.25, 0.3) is 0 Å². The van der Waals surface area contributed by atoms with Crippen LogP contribution in [0.2, 0.25) is 0 Å². The summed E-state index contributed by atoms with van der Waals surface area (Å²) in [6.07, 6.45) is 52.2. The molecule has 14 heteroatoms. The van der Waals surface area contributed by atoms with Gasteiger partial charge in [-0.05, 0) is 70.6 Å². The van der Waals surface area contributed by atoms with Crippen molar-refractivity contribution in [1.82, 2.24) is 0 Å². The summed E-state index contributed by atoms with van der Waals surface area (Å²) in [6.45, 7) is 3.49. The lowest BCUT2D eigenvalue weighted by Crippen LogP contribution is -2.61. The minimum absolute atomic E-state index is 0.0290. The lowest BCUT2D eigenvalue weighted by molar-refractivity contribution is -0.332. The number of unbranched alkanes of at least 4 members (excludes halogenated alkanes) is 23. The maximum atomic E-state index is 13.1. The van der Waals surface area contributed by atoms with E-state index in [2.05, 4.69) is 98.9 Å². The van der Waals surface area contributed by atoms with Crippen molar-refractivity contribution in [2.75, 3.05) is 33.0 Å². The van der Waals surface area contributed by atoms with Gasteiger partial charge in [0.1, 0.15) is 54.9 Å². The maximum Gasteiger partial charge on any atom is 0.306 e. The molecule has 2 aliphatic rings. The predicted octanol–water partition coefficient (Wildman–Crippen LogP) is 12.4. The summed E-state index contributed by atoms with van der Waals surface area (Å²) >= 11 is 0. The molecule has 11 unspecified atom stereocenters. The normalized spacial score (nSPS) is 24.4. The molecule has 2 aliphatic heterocycles. The first-order chi connectivity index (χ1) is 39.1. The number of rotatable bonds is 51. The second kappa shape index (κ2) is 51.8. The molecular weight excluding hydrogens is 1020 g/mol. The Bertz CT molecular complexity index is 1640. The number of hydrogen-bond acceptors (Lipinski definition) is 14. The van der Waals surface area contributed by atoms with Crippen LogP contribution in [0.3, 0.4) is 0 Å². The van der Waals surface area contributed by atoms with Gasteiger partial charge in [0.15, 0.2) is 12.6 Å². The summed E-state index contributed by atoms with van der Waals surface area (Å²) in [7, 11) is 0. The fraction of sp³-hybridized carbons (Fsp3) is 0.773. The van der Waals surface area contributed by atoms with E-state index in [1.807, 2.05) is 0 Å². The highest BCUT2D eigenvalue weighted by atomic mass is 16.7. The van der Waals surface area contributed by atoms with Crippen LogP contribution in [0, 0.1) is 0 Å². The van der Waals surface area contributed by atoms with Crippen molar-refractivity contribution in [1.29, 1.82) is 0 Å². The minimum Gasteiger partial charge on any atom is -0.457 e. The minimum atomic E-state index is -1.72. The van der Waals surface area contributed by atoms with Gasteiger partial charge in [0.05, 0.1) is 26.4 Å². The van der Waals surface area contributed by atoms with E-state index in [1.165, 1.54) is 116 Å². The lowest BCUT2D eigenvalue weighted by atomic mass is 9.98. The Morgan fingerprint density at radius 2 is 0.812 bits per heavy atom. The first-order valence-corrected chi connectivity index (χ1v) is 31.7. The number of aliphatic hydroxyl groups excluding tert-OH is 7. The summed E-state index contributed by atoms with van der Waals surface area (Å²) in [5.41, 5.74) is 0. The van der Waals surface area contributed by atoms with E-state index in [9.17, 15) is 40.5 Å². The second-order valence-corrected chi connectivity index (χ2v) is 21.9. The van der Waals surface area contributed by atoms with Gasteiger partial charge in [-0.25, -0.2) is 0 Å². The Kier molecular flexibility index (Phi) is 47.4. The third-order valence-corrected chi connectivity index (χ3v) is 14.7. The van der Waals surface area contributed by atoms with Crippen LogP contribution in [0.1, 0.15) is 226 Å². The number of esters is 1. The van der Waals surface area contributed by atoms with Crippen molar-refractivity contribution in [2.24, 2.45) is 0 Å². The summed E-state index contributed by atoms with van der Waals surface area (Å²) in [5.74, 6) is -0.390. The maximum absolute atomic E-state index is 13.1. The van der Waals surface area contributed by atoms with Crippen molar-refractivity contribution in [3.63, 3.8) is 0 Å². The standard InChI is InChI=1S/C66H114O14/c1-3-5-7-9-11-13-15-17-19-21-23-25-27-28-30-32-34-36-38-40-42-44-46-48-50-75-52-55(53-76-65-64(74)62(72)60(70)57(80-65)54-77-66-63(73)61(71)59(69)56(51-67)79-66)78-58(68)49-47-45-43-41-39-37-35-33-31-29-26-24-22-20-18-16-14-12-10-8-6-4-2/h5,7,11,13,17,19,23,25,28,30,34,36,40,42,55-57,59-67,69-74H,3-4,6,8-10,12,14-16,18,20-22,24,26-27,29,31-33,35,37-39,41,43-54H2,1-2H3/b7-5-,13-11-,19-17-,25-23-,30-28-,36-34-,42-40-. The van der Waals surface area contributed by atoms with Gasteiger partial charge in [-0.3, -0.25) is 4.79 Å². The van der Waals surface area contributed by atoms with Gasteiger partial charge in [-0.1, -0.05) is 234 Å². The molecule has 0 saturated carbocycles. The third kappa shape index (κ3) is 37.4. The molecular formula is C66H114O14. The lowest BCUT2D eigenvalue weighted by Gasteiger charge is -2.42. The first-order valence-electron chi connectivity index (χ1n) is 31.7. The van der Waals surface area contributed by atoms with Gasteiger partial charge in [-0.2, -0.15) is 0 Å². The molecule has 0 amide bonds. The monoisotopic (exact) mass is 1130 g/mol. The highest BCUT2D eigenvalue weighted by molar-refractivity contribution is 5.69. The van der Waals surface area contributed by atoms with E-state index in [0.717, 1.165) is 83.5 Å². The quantitative estimate of drug-likeness (QED) is 0.0172. The van der Waals surface area contributed by atoms with E-state index < -0.39 is 86.7 Å². The molecule has 0 aliphatic carbocycles. The smallest absolute Gasteiger partial charge is 0.306 e. The number of carbonyl (C=O) groups excluding carboxylic acids is 1. The Morgan fingerprint density at radius 3 is 1.25 bits per heavy atom. The molecule has 80 heavy (non-hydrogen) atoms. The number of allylic oxidation sites excluding steroid dienone is 14. The third-order valence-electron chi connectivity index (χ3n) is 14.7. The molecule has 2 fully saturated rings. The molecule has 11 atom stereocenters. The molecule has 0 aromatic carbocycles. The van der Waals surface area contributed by atoms with Crippen LogP contribution in [0.4, 0.5) is 0 Å². The van der Waals surface area contributed by atoms with Crippen LogP contribution in [-0.2, 0) is 33.2 Å². The van der Waals surface area contributed by atoms with Gasteiger partial charge in [0, 0.05) is 13.0 Å². The van der Waals surface area contributed by atoms with Crippen LogP contribution in [-0.4, -0.2) is 142 Å². The Hall–Kier alpha value is -2.83. The molecule has 2 saturated heterocycles. The van der Waals surface area contributed by atoms with Crippen molar-refractivity contribution in [3.8, 4) is 0 Å². The van der Waals surface area contributed by atoms with Gasteiger partial charge in [0.2, 0.25) is 0 Å². The molecule has 0 radical (unpaired) electrons. The molecule has 0 bridgehead atoms. The molecule has 14 nitrogen and oxygen atoms in total. The molecule has 0 spiro atoms. The molecule has 2 rings (SSSR count). The van der Waals surface area contributed by atoms with E-state index in [0.29, 0.717) is 13.0 Å². The molecule has 0 aromatic rings. The van der Waals surface area contributed by atoms with Crippen molar-refractivity contribution < 1.29 is 69.0 Å². The number of hydrogen-bond donors (Lipinski definition) is 7. The highest BCUT2D eigenvalue weighted by Crippen LogP contribution is 2.27. The Morgan fingerprint density at radius 1 is 0.425 bits per heavy atom. The van der Waals surface area contributed by atoms with Crippen LogP contribution >= 0.6 is 0 Å². The van der Waals surface area contributed by atoms with Crippen molar-refractivity contribution in [3.05, 3.63) is 85.1 Å². The van der Waals surface area contributed by atoms with E-state index in [1.54, 1.807) is 0 Å². The number of ether oxygens (including phenoxy) is 6. The highest BCUT2D eigenvalue weighted by Gasteiger charge is 2.47. The predicted molar refractivity (Wildman–Crippen MR) is 321 cm³/mol. The zero-order valence-corrected chi connectivity index (χ0v) is 49.8. The van der Waals surface area contributed by atoms with Crippen LogP contribution in [0.15, 0.2) is 85.1 Å². The molecule has 462 valence electrons. The second-order valence-electron chi connectivity index (χ2n) is 21.9. The van der Waals surface area contributed by atoms with Crippen LogP contribution in [0.5, 0.6) is 0 Å². The number of aliphatic hydroxyl groups is 7. The summed E-state index contributed by atoms with van der Waals surface area (Å²) < 4.78 is 34.4. The van der Waals surface area contributed by atoms with Crippen LogP contribution < -0.4 is 0 Å². The van der Waals surface area contributed by atoms with Gasteiger partial charge in [-0.15, -0.1) is 0 Å². The SMILES string of the molecule is CC/C=C\C/C=C\C/C=C\C/C=C\C/C=C\C/C=C\C/C=C\CCCCOCC(COC1OC(COC2OC(CO)C(O)C(O)C2O)C(O)C(O)C1O)OC(=O)CCCCCCCCCCCCCCCCCCCCCCCC. The summed E-state index contributed by atoms with van der Waals surface area (Å²) in [4.78, 5) is 13.1. The topological polar surface area (TPSA) is 214 Å². The summed E-state index contributed by atoms with van der Waals surface area (Å²) in [6, 6.07) is 0. The fourth-order valence-corrected chi connectivity index (χ4v) is 9.62. The zero-order valence-electron chi connectivity index (χ0n) is 49.8. The largest absolute Gasteiger partial charge is 0.457 e. The molecule has 2 heterocycles. The summed E-state index contributed by atoms with van der Waals surface area (Å²) in [5, 5.41) is 72.5. The molecule has 7 N–H and O–H groups in total. The average Bonchev–Trinajstić information content (AvgIpc) is 3.52. The Balaban J connectivity index is 1.71. The van der Waals surface area contributed by atoms with E-state index in [4.69, 9.17) is 28.4 Å². The van der Waals surface area contributed by atoms with E-state index >= 15 is 0 Å². The zero-order chi connectivity index (χ0) is 57.9. The first kappa shape index (κ1) is 73.3.